The van der Waals surface area contributed by atoms with E-state index >= 15 is 0 Å². The van der Waals surface area contributed by atoms with Gasteiger partial charge in [0, 0.05) is 17.4 Å². The van der Waals surface area contributed by atoms with Crippen LogP contribution in [0.4, 0.5) is 5.69 Å². The van der Waals surface area contributed by atoms with Gasteiger partial charge in [-0.25, -0.2) is 14.6 Å². The zero-order chi connectivity index (χ0) is 18.8. The third kappa shape index (κ3) is 3.49. The number of aryl methyl sites for hydroxylation is 1. The fourth-order valence-corrected chi connectivity index (χ4v) is 4.03. The van der Waals surface area contributed by atoms with Crippen LogP contribution in [0.5, 0.6) is 0 Å². The second kappa shape index (κ2) is 7.34. The lowest BCUT2D eigenvalue weighted by Crippen LogP contribution is -2.17. The number of rotatable bonds is 4. The zero-order valence-electron chi connectivity index (χ0n) is 15.7. The number of anilines is 1. The summed E-state index contributed by atoms with van der Waals surface area (Å²) in [7, 11) is 0. The first-order valence-electron chi connectivity index (χ1n) is 9.44. The number of carbonyl (C=O) groups is 1. The van der Waals surface area contributed by atoms with Crippen LogP contribution >= 0.6 is 0 Å². The second-order valence-electron chi connectivity index (χ2n) is 7.15. The molecule has 140 valence electrons. The van der Waals surface area contributed by atoms with Crippen molar-refractivity contribution in [3.8, 4) is 5.82 Å². The van der Waals surface area contributed by atoms with E-state index in [1.807, 2.05) is 19.1 Å². The predicted molar refractivity (Wildman–Crippen MR) is 103 cm³/mol. The minimum Gasteiger partial charge on any atom is -0.345 e. The molecule has 4 rings (SSSR count). The molecule has 0 unspecified atom stereocenters. The number of amides is 1. The quantitative estimate of drug-likeness (QED) is 0.763. The average molecular weight is 364 g/mol. The number of carbonyl (C=O) groups excluding carboxylic acids is 1. The van der Waals surface area contributed by atoms with Crippen molar-refractivity contribution in [3.05, 3.63) is 54.0 Å². The summed E-state index contributed by atoms with van der Waals surface area (Å²) in [6.45, 7) is 4.13. The number of hydrogen-bond donors (Lipinski definition) is 1. The van der Waals surface area contributed by atoms with Gasteiger partial charge in [0.15, 0.2) is 5.82 Å². The number of hydrogen-bond acceptors (Lipinski definition) is 4. The Bertz CT molecular complexity index is 920. The summed E-state index contributed by atoms with van der Waals surface area (Å²) >= 11 is 0. The van der Waals surface area contributed by atoms with Gasteiger partial charge in [-0.1, -0.05) is 19.3 Å². The monoisotopic (exact) mass is 364 g/mol. The van der Waals surface area contributed by atoms with Crippen LogP contribution in [-0.2, 0) is 0 Å². The minimum atomic E-state index is -0.0968. The SMILES string of the molecule is Cc1cc(C(=O)Nc2ccc(-n3cncn3)nc2)c(C)n1C1CCCCC1. The molecule has 0 aliphatic heterocycles. The van der Waals surface area contributed by atoms with Crippen molar-refractivity contribution < 1.29 is 4.79 Å². The molecule has 7 heteroatoms. The fourth-order valence-electron chi connectivity index (χ4n) is 4.03. The highest BCUT2D eigenvalue weighted by molar-refractivity contribution is 6.05. The Morgan fingerprint density at radius 2 is 2.00 bits per heavy atom. The molecule has 7 nitrogen and oxygen atoms in total. The van der Waals surface area contributed by atoms with Gasteiger partial charge in [-0.2, -0.15) is 5.10 Å². The lowest BCUT2D eigenvalue weighted by molar-refractivity contribution is 0.102. The first-order chi connectivity index (χ1) is 13.1. The zero-order valence-corrected chi connectivity index (χ0v) is 15.7. The molecule has 1 N–H and O–H groups in total. The minimum absolute atomic E-state index is 0.0968. The molecule has 1 saturated carbocycles. The summed E-state index contributed by atoms with van der Waals surface area (Å²) in [5, 5.41) is 7.00. The molecule has 1 aliphatic rings. The molecule has 3 heterocycles. The summed E-state index contributed by atoms with van der Waals surface area (Å²) in [5.41, 5.74) is 3.60. The van der Waals surface area contributed by atoms with E-state index in [4.69, 9.17) is 0 Å². The third-order valence-corrected chi connectivity index (χ3v) is 5.33. The van der Waals surface area contributed by atoms with Crippen molar-refractivity contribution in [2.24, 2.45) is 0 Å². The largest absolute Gasteiger partial charge is 0.345 e. The van der Waals surface area contributed by atoms with Crippen molar-refractivity contribution in [1.82, 2.24) is 24.3 Å². The lowest BCUT2D eigenvalue weighted by atomic mass is 9.95. The predicted octanol–water partition coefficient (Wildman–Crippen LogP) is 3.84. The van der Waals surface area contributed by atoms with Crippen LogP contribution < -0.4 is 5.32 Å². The Kier molecular flexibility index (Phi) is 4.75. The Morgan fingerprint density at radius 1 is 1.19 bits per heavy atom. The van der Waals surface area contributed by atoms with Gasteiger partial charge in [0.05, 0.1) is 17.4 Å². The summed E-state index contributed by atoms with van der Waals surface area (Å²) in [6, 6.07) is 6.14. The van der Waals surface area contributed by atoms with Gasteiger partial charge in [0.2, 0.25) is 0 Å². The van der Waals surface area contributed by atoms with E-state index in [1.165, 1.54) is 38.4 Å². The molecule has 1 fully saturated rings. The molecular formula is C20H24N6O. The Hall–Kier alpha value is -2.96. The van der Waals surface area contributed by atoms with Crippen molar-refractivity contribution >= 4 is 11.6 Å². The summed E-state index contributed by atoms with van der Waals surface area (Å²) in [5.74, 6) is 0.557. The molecule has 1 aliphatic carbocycles. The molecule has 0 bridgehead atoms. The molecular weight excluding hydrogens is 340 g/mol. The summed E-state index contributed by atoms with van der Waals surface area (Å²) < 4.78 is 3.92. The molecule has 3 aromatic rings. The van der Waals surface area contributed by atoms with Gasteiger partial charge in [0.25, 0.3) is 5.91 Å². The van der Waals surface area contributed by atoms with E-state index < -0.39 is 0 Å². The second-order valence-corrected chi connectivity index (χ2v) is 7.15. The number of pyridine rings is 1. The van der Waals surface area contributed by atoms with Crippen LogP contribution in [0.25, 0.3) is 5.82 Å². The normalized spacial score (nSPS) is 15.0. The van der Waals surface area contributed by atoms with Crippen LogP contribution in [0.3, 0.4) is 0 Å². The van der Waals surface area contributed by atoms with E-state index in [2.05, 4.69) is 31.9 Å². The maximum absolute atomic E-state index is 12.8. The third-order valence-electron chi connectivity index (χ3n) is 5.33. The van der Waals surface area contributed by atoms with E-state index in [-0.39, 0.29) is 5.91 Å². The highest BCUT2D eigenvalue weighted by Gasteiger charge is 2.22. The van der Waals surface area contributed by atoms with Crippen LogP contribution in [0.15, 0.2) is 37.1 Å². The maximum atomic E-state index is 12.8. The van der Waals surface area contributed by atoms with Crippen LogP contribution in [0, 0.1) is 13.8 Å². The molecule has 0 radical (unpaired) electrons. The molecule has 0 saturated heterocycles. The molecule has 0 spiro atoms. The highest BCUT2D eigenvalue weighted by Crippen LogP contribution is 2.32. The van der Waals surface area contributed by atoms with E-state index in [9.17, 15) is 4.79 Å². The van der Waals surface area contributed by atoms with E-state index in [0.717, 1.165) is 17.0 Å². The Morgan fingerprint density at radius 3 is 2.67 bits per heavy atom. The van der Waals surface area contributed by atoms with Crippen molar-refractivity contribution in [2.45, 2.75) is 52.0 Å². The van der Waals surface area contributed by atoms with Gasteiger partial charge >= 0.3 is 0 Å². The van der Waals surface area contributed by atoms with Gasteiger partial charge in [-0.3, -0.25) is 4.79 Å². The van der Waals surface area contributed by atoms with E-state index in [0.29, 0.717) is 17.5 Å². The van der Waals surface area contributed by atoms with Gasteiger partial charge < -0.3 is 9.88 Å². The van der Waals surface area contributed by atoms with E-state index in [1.54, 1.807) is 23.3 Å². The molecule has 27 heavy (non-hydrogen) atoms. The molecule has 1 amide bonds. The topological polar surface area (TPSA) is 77.6 Å². The Labute approximate surface area is 158 Å². The van der Waals surface area contributed by atoms with Crippen LogP contribution in [0.2, 0.25) is 0 Å². The molecule has 0 aromatic carbocycles. The van der Waals surface area contributed by atoms with Crippen molar-refractivity contribution in [3.63, 3.8) is 0 Å². The first-order valence-corrected chi connectivity index (χ1v) is 9.44. The number of nitrogens with zero attached hydrogens (tertiary/aromatic N) is 5. The van der Waals surface area contributed by atoms with Gasteiger partial charge in [-0.15, -0.1) is 0 Å². The summed E-state index contributed by atoms with van der Waals surface area (Å²) in [6.07, 6.45) is 10.9. The molecule has 0 atom stereocenters. The Balaban J connectivity index is 1.51. The maximum Gasteiger partial charge on any atom is 0.257 e. The first kappa shape index (κ1) is 17.5. The summed E-state index contributed by atoms with van der Waals surface area (Å²) in [4.78, 5) is 21.1. The smallest absolute Gasteiger partial charge is 0.257 e. The molecule has 3 aromatic heterocycles. The number of nitrogens with one attached hydrogen (secondary N) is 1. The lowest BCUT2D eigenvalue weighted by Gasteiger charge is -2.26. The van der Waals surface area contributed by atoms with Crippen LogP contribution in [0.1, 0.15) is 59.9 Å². The fraction of sp³-hybridized carbons (Fsp3) is 0.400. The number of aromatic nitrogens is 5. The highest BCUT2D eigenvalue weighted by atomic mass is 16.1. The average Bonchev–Trinajstić information content (AvgIpc) is 3.31. The van der Waals surface area contributed by atoms with Crippen molar-refractivity contribution in [1.29, 1.82) is 0 Å². The standard InChI is InChI=1S/C20H24N6O/c1-14-10-18(15(2)26(14)17-6-4-3-5-7-17)20(27)24-16-8-9-19(22-11-16)25-13-21-12-23-25/h8-13,17H,3-7H2,1-2H3,(H,24,27). The van der Waals surface area contributed by atoms with Crippen LogP contribution in [-0.4, -0.2) is 30.2 Å². The van der Waals surface area contributed by atoms with Gasteiger partial charge in [0.1, 0.15) is 12.7 Å². The van der Waals surface area contributed by atoms with Gasteiger partial charge in [-0.05, 0) is 44.9 Å². The van der Waals surface area contributed by atoms with Crippen molar-refractivity contribution in [2.75, 3.05) is 5.32 Å².